The molecule has 4 nitrogen and oxygen atoms in total. The van der Waals surface area contributed by atoms with Gasteiger partial charge in [0.25, 0.3) is 0 Å². The van der Waals surface area contributed by atoms with Gasteiger partial charge in [0.05, 0.1) is 5.69 Å². The molecule has 0 spiro atoms. The molecule has 0 fully saturated rings. The predicted octanol–water partition coefficient (Wildman–Crippen LogP) is 1.74. The van der Waals surface area contributed by atoms with Crippen LogP contribution in [0.25, 0.3) is 5.82 Å². The number of nitrogens with zero attached hydrogens (tertiary/aromatic N) is 3. The highest BCUT2D eigenvalue weighted by atomic mass is 19.1. The third-order valence-electron chi connectivity index (χ3n) is 2.53. The minimum Gasteiger partial charge on any atom is -0.316 e. The molecule has 5 heteroatoms. The lowest BCUT2D eigenvalue weighted by atomic mass is 10.2. The van der Waals surface area contributed by atoms with Crippen LogP contribution in [0.4, 0.5) is 4.39 Å². The summed E-state index contributed by atoms with van der Waals surface area (Å²) in [5, 5.41) is 7.16. The lowest BCUT2D eigenvalue weighted by Gasteiger charge is -2.08. The predicted molar refractivity (Wildman–Crippen MR) is 63.6 cm³/mol. The van der Waals surface area contributed by atoms with E-state index in [1.807, 2.05) is 19.9 Å². The van der Waals surface area contributed by atoms with E-state index in [1.165, 1.54) is 4.68 Å². The van der Waals surface area contributed by atoms with Gasteiger partial charge in [-0.1, -0.05) is 0 Å². The van der Waals surface area contributed by atoms with Crippen molar-refractivity contribution in [1.82, 2.24) is 20.1 Å². The molecule has 0 aromatic carbocycles. The quantitative estimate of drug-likeness (QED) is 0.879. The Balaban J connectivity index is 2.52. The van der Waals surface area contributed by atoms with E-state index in [4.69, 9.17) is 0 Å². The first-order chi connectivity index (χ1) is 8.13. The molecule has 0 bridgehead atoms. The van der Waals surface area contributed by atoms with Gasteiger partial charge in [0.15, 0.2) is 11.6 Å². The number of halogens is 1. The maximum atomic E-state index is 14.2. The molecule has 2 aromatic heterocycles. The van der Waals surface area contributed by atoms with Crippen LogP contribution in [0.2, 0.25) is 0 Å². The van der Waals surface area contributed by atoms with Crippen LogP contribution in [-0.2, 0) is 6.54 Å². The van der Waals surface area contributed by atoms with E-state index in [0.717, 1.165) is 11.4 Å². The van der Waals surface area contributed by atoms with Crippen molar-refractivity contribution < 1.29 is 4.39 Å². The van der Waals surface area contributed by atoms with Gasteiger partial charge in [0.1, 0.15) is 0 Å². The highest BCUT2D eigenvalue weighted by molar-refractivity contribution is 5.32. The lowest BCUT2D eigenvalue weighted by molar-refractivity contribution is 0.574. The Bertz CT molecular complexity index is 533. The van der Waals surface area contributed by atoms with Crippen LogP contribution in [0, 0.1) is 19.7 Å². The van der Waals surface area contributed by atoms with Gasteiger partial charge >= 0.3 is 0 Å². The molecule has 0 unspecified atom stereocenters. The van der Waals surface area contributed by atoms with E-state index in [0.29, 0.717) is 12.1 Å². The zero-order valence-corrected chi connectivity index (χ0v) is 10.2. The average molecular weight is 234 g/mol. The van der Waals surface area contributed by atoms with Gasteiger partial charge in [-0.3, -0.25) is 0 Å². The minimum atomic E-state index is -0.326. The molecule has 0 amide bonds. The summed E-state index contributed by atoms with van der Waals surface area (Å²) < 4.78 is 15.7. The second kappa shape index (κ2) is 4.63. The average Bonchev–Trinajstić information content (AvgIpc) is 2.61. The number of aromatic nitrogens is 3. The van der Waals surface area contributed by atoms with Crippen molar-refractivity contribution in [3.05, 3.63) is 41.1 Å². The highest BCUT2D eigenvalue weighted by Gasteiger charge is 2.13. The molecule has 2 rings (SSSR count). The van der Waals surface area contributed by atoms with E-state index in [-0.39, 0.29) is 11.6 Å². The Hall–Kier alpha value is -1.75. The van der Waals surface area contributed by atoms with Crippen LogP contribution < -0.4 is 5.32 Å². The van der Waals surface area contributed by atoms with E-state index >= 15 is 0 Å². The van der Waals surface area contributed by atoms with Crippen LogP contribution in [0.5, 0.6) is 0 Å². The Morgan fingerprint density at radius 3 is 2.76 bits per heavy atom. The fraction of sp³-hybridized carbons (Fsp3) is 0.333. The normalized spacial score (nSPS) is 10.8. The van der Waals surface area contributed by atoms with Crippen LogP contribution in [-0.4, -0.2) is 21.8 Å². The molecular weight excluding hydrogens is 219 g/mol. The summed E-state index contributed by atoms with van der Waals surface area (Å²) in [7, 11) is 1.78. The van der Waals surface area contributed by atoms with Gasteiger partial charge in [-0.05, 0) is 33.0 Å². The van der Waals surface area contributed by atoms with Crippen molar-refractivity contribution in [3.63, 3.8) is 0 Å². The van der Waals surface area contributed by atoms with Gasteiger partial charge in [0.2, 0.25) is 0 Å². The molecule has 0 radical (unpaired) electrons. The van der Waals surface area contributed by atoms with Gasteiger partial charge in [-0.15, -0.1) is 0 Å². The van der Waals surface area contributed by atoms with Crippen molar-refractivity contribution >= 4 is 0 Å². The second-order valence-corrected chi connectivity index (χ2v) is 3.98. The van der Waals surface area contributed by atoms with Crippen LogP contribution in [0.15, 0.2) is 18.3 Å². The monoisotopic (exact) mass is 234 g/mol. The van der Waals surface area contributed by atoms with E-state index in [2.05, 4.69) is 15.4 Å². The summed E-state index contributed by atoms with van der Waals surface area (Å²) in [6.07, 6.45) is 1.60. The smallest absolute Gasteiger partial charge is 0.190 e. The van der Waals surface area contributed by atoms with Gasteiger partial charge in [-0.2, -0.15) is 5.10 Å². The summed E-state index contributed by atoms with van der Waals surface area (Å²) in [6.45, 7) is 4.23. The molecule has 0 saturated carbocycles. The lowest BCUT2D eigenvalue weighted by Crippen LogP contribution is -2.11. The van der Waals surface area contributed by atoms with E-state index < -0.39 is 0 Å². The van der Waals surface area contributed by atoms with E-state index in [1.54, 1.807) is 19.3 Å². The van der Waals surface area contributed by atoms with Gasteiger partial charge in [0, 0.05) is 24.0 Å². The number of hydrogen-bond acceptors (Lipinski definition) is 3. The molecule has 0 aliphatic rings. The summed E-state index contributed by atoms with van der Waals surface area (Å²) in [4.78, 5) is 4.06. The zero-order chi connectivity index (χ0) is 12.4. The molecule has 0 aliphatic heterocycles. The number of rotatable bonds is 3. The van der Waals surface area contributed by atoms with Crippen molar-refractivity contribution in [2.45, 2.75) is 20.4 Å². The molecular formula is C12H15FN4. The standard InChI is InChI=1S/C12H15FN4/c1-8-6-9(2)17(16-8)12-11(13)10(7-14-3)4-5-15-12/h4-6,14H,7H2,1-3H3. The summed E-state index contributed by atoms with van der Waals surface area (Å²) >= 11 is 0. The molecule has 2 heterocycles. The first-order valence-corrected chi connectivity index (χ1v) is 5.45. The summed E-state index contributed by atoms with van der Waals surface area (Å²) in [5.41, 5.74) is 2.31. The third-order valence-corrected chi connectivity index (χ3v) is 2.53. The largest absolute Gasteiger partial charge is 0.316 e. The van der Waals surface area contributed by atoms with Crippen LogP contribution in [0.1, 0.15) is 17.0 Å². The molecule has 0 atom stereocenters. The minimum absolute atomic E-state index is 0.253. The van der Waals surface area contributed by atoms with Crippen molar-refractivity contribution in [1.29, 1.82) is 0 Å². The topological polar surface area (TPSA) is 42.7 Å². The maximum Gasteiger partial charge on any atom is 0.190 e. The fourth-order valence-corrected chi connectivity index (χ4v) is 1.79. The molecule has 90 valence electrons. The van der Waals surface area contributed by atoms with Crippen molar-refractivity contribution in [3.8, 4) is 5.82 Å². The van der Waals surface area contributed by atoms with Crippen molar-refractivity contribution in [2.75, 3.05) is 7.05 Å². The molecule has 2 aromatic rings. The summed E-state index contributed by atoms with van der Waals surface area (Å²) in [5.74, 6) is -0.0728. The highest BCUT2D eigenvalue weighted by Crippen LogP contribution is 2.16. The summed E-state index contributed by atoms with van der Waals surface area (Å²) in [6, 6.07) is 3.56. The zero-order valence-electron chi connectivity index (χ0n) is 10.2. The van der Waals surface area contributed by atoms with Gasteiger partial charge in [-0.25, -0.2) is 14.1 Å². The number of hydrogen-bond donors (Lipinski definition) is 1. The Morgan fingerprint density at radius 2 is 2.18 bits per heavy atom. The molecule has 17 heavy (non-hydrogen) atoms. The number of pyridine rings is 1. The van der Waals surface area contributed by atoms with Crippen LogP contribution in [0.3, 0.4) is 0 Å². The third kappa shape index (κ3) is 2.19. The van der Waals surface area contributed by atoms with E-state index in [9.17, 15) is 4.39 Å². The number of nitrogens with one attached hydrogen (secondary N) is 1. The Morgan fingerprint density at radius 1 is 1.41 bits per heavy atom. The van der Waals surface area contributed by atoms with Gasteiger partial charge < -0.3 is 5.32 Å². The van der Waals surface area contributed by atoms with Crippen molar-refractivity contribution in [2.24, 2.45) is 0 Å². The SMILES string of the molecule is CNCc1ccnc(-n2nc(C)cc2C)c1F. The Labute approximate surface area is 99.5 Å². The second-order valence-electron chi connectivity index (χ2n) is 3.98. The first-order valence-electron chi connectivity index (χ1n) is 5.45. The number of aryl methyl sites for hydroxylation is 2. The first kappa shape index (κ1) is 11.7. The Kier molecular flexibility index (Phi) is 3.19. The maximum absolute atomic E-state index is 14.2. The van der Waals surface area contributed by atoms with Crippen LogP contribution >= 0.6 is 0 Å². The molecule has 0 aliphatic carbocycles. The fourth-order valence-electron chi connectivity index (χ4n) is 1.79. The molecule has 1 N–H and O–H groups in total. The molecule has 0 saturated heterocycles.